The van der Waals surface area contributed by atoms with Crippen molar-refractivity contribution in [1.29, 1.82) is 0 Å². The van der Waals surface area contributed by atoms with E-state index in [0.29, 0.717) is 0 Å². The molecule has 78 valence electrons. The molecule has 1 aromatic rings. The number of esters is 1. The van der Waals surface area contributed by atoms with Crippen LogP contribution in [0.25, 0.3) is 0 Å². The Morgan fingerprint density at radius 3 is 2.43 bits per heavy atom. The highest BCUT2D eigenvalue weighted by Gasteiger charge is 2.38. The second-order valence-electron chi connectivity index (χ2n) is 2.48. The Labute approximate surface area is 76.7 Å². The molecule has 0 saturated heterocycles. The van der Waals surface area contributed by atoms with E-state index in [1.54, 1.807) is 0 Å². The molecule has 0 N–H and O–H groups in total. The largest absolute Gasteiger partial charge is 0.469 e. The Hall–Kier alpha value is -1.53. The number of hydrogen-bond donors (Lipinski definition) is 0. The summed E-state index contributed by atoms with van der Waals surface area (Å²) in [6.45, 7) is 2.30. The van der Waals surface area contributed by atoms with Gasteiger partial charge in [0.15, 0.2) is 0 Å². The first-order valence-corrected chi connectivity index (χ1v) is 3.53. The predicted molar refractivity (Wildman–Crippen MR) is 37.6 cm³/mol. The summed E-state index contributed by atoms with van der Waals surface area (Å²) in [5, 5.41) is 0. The smallest absolute Gasteiger partial charge is 0.400 e. The number of aromatic nitrogens is 1. The Morgan fingerprint density at radius 1 is 1.50 bits per heavy atom. The second-order valence-corrected chi connectivity index (χ2v) is 2.48. The normalized spacial score (nSPS) is 11.5. The van der Waals surface area contributed by atoms with Gasteiger partial charge in [-0.15, -0.1) is 0 Å². The third-order valence-electron chi connectivity index (χ3n) is 1.23. The minimum absolute atomic E-state index is 0.118. The first kappa shape index (κ1) is 10.6. The quantitative estimate of drug-likeness (QED) is 0.663. The molecule has 0 fully saturated rings. The van der Waals surface area contributed by atoms with Crippen LogP contribution in [0.15, 0.2) is 4.42 Å². The van der Waals surface area contributed by atoms with Crippen LogP contribution in [0, 0.1) is 6.92 Å². The summed E-state index contributed by atoms with van der Waals surface area (Å²) in [7, 11) is 0. The van der Waals surface area contributed by atoms with Crippen molar-refractivity contribution >= 4 is 5.97 Å². The second kappa shape index (κ2) is 3.32. The highest BCUT2D eigenvalue weighted by atomic mass is 19.4. The molecule has 0 saturated carbocycles. The lowest BCUT2D eigenvalue weighted by molar-refractivity contribution is -0.159. The molecule has 0 radical (unpaired) electrons. The van der Waals surface area contributed by atoms with Crippen molar-refractivity contribution in [1.82, 2.24) is 4.98 Å². The van der Waals surface area contributed by atoms with E-state index in [9.17, 15) is 18.0 Å². The first-order chi connectivity index (χ1) is 6.30. The molecule has 7 heteroatoms. The van der Waals surface area contributed by atoms with Gasteiger partial charge in [0.05, 0.1) is 0 Å². The van der Waals surface area contributed by atoms with Gasteiger partial charge in [0.2, 0.25) is 0 Å². The Bertz CT molecular complexity index is 356. The van der Waals surface area contributed by atoms with Gasteiger partial charge in [0, 0.05) is 6.92 Å². The van der Waals surface area contributed by atoms with Gasteiger partial charge in [0.25, 0.3) is 0 Å². The van der Waals surface area contributed by atoms with Crippen LogP contribution in [0.2, 0.25) is 0 Å². The van der Waals surface area contributed by atoms with Crippen molar-refractivity contribution in [3.8, 4) is 5.95 Å². The number of rotatable bonds is 1. The van der Waals surface area contributed by atoms with Crippen LogP contribution in [-0.2, 0) is 11.0 Å². The van der Waals surface area contributed by atoms with Crippen LogP contribution in [0.4, 0.5) is 13.2 Å². The standard InChI is InChI=1S/C7H6F3NO3/c1-3-5(13-4(2)12)14-6(11-3)7(8,9)10/h1-2H3. The summed E-state index contributed by atoms with van der Waals surface area (Å²) in [6, 6.07) is 0. The van der Waals surface area contributed by atoms with Gasteiger partial charge < -0.3 is 9.15 Å². The molecule has 0 aliphatic heterocycles. The lowest BCUT2D eigenvalue weighted by Crippen LogP contribution is -2.04. The summed E-state index contributed by atoms with van der Waals surface area (Å²) < 4.78 is 44.6. The van der Waals surface area contributed by atoms with Crippen molar-refractivity contribution in [3.05, 3.63) is 11.6 Å². The van der Waals surface area contributed by atoms with E-state index in [1.165, 1.54) is 6.92 Å². The van der Waals surface area contributed by atoms with Crippen molar-refractivity contribution in [2.45, 2.75) is 20.0 Å². The Kier molecular flexibility index (Phi) is 2.50. The molecule has 0 amide bonds. The average Bonchev–Trinajstić information content (AvgIpc) is 2.30. The average molecular weight is 209 g/mol. The number of aryl methyl sites for hydroxylation is 1. The van der Waals surface area contributed by atoms with Crippen LogP contribution in [-0.4, -0.2) is 11.0 Å². The van der Waals surface area contributed by atoms with E-state index in [2.05, 4.69) is 14.1 Å². The van der Waals surface area contributed by atoms with Crippen LogP contribution in [0.3, 0.4) is 0 Å². The molecule has 0 bridgehead atoms. The molecular formula is C7H6F3NO3. The summed E-state index contributed by atoms with van der Waals surface area (Å²) >= 11 is 0. The summed E-state index contributed by atoms with van der Waals surface area (Å²) in [6.07, 6.45) is -4.68. The lowest BCUT2D eigenvalue weighted by Gasteiger charge is -1.98. The van der Waals surface area contributed by atoms with Gasteiger partial charge in [0.1, 0.15) is 5.69 Å². The molecule has 14 heavy (non-hydrogen) atoms. The van der Waals surface area contributed by atoms with Gasteiger partial charge in [-0.25, -0.2) is 4.98 Å². The van der Waals surface area contributed by atoms with Crippen molar-refractivity contribution in [3.63, 3.8) is 0 Å². The minimum Gasteiger partial charge on any atom is -0.400 e. The Balaban J connectivity index is 2.99. The maximum atomic E-state index is 12.0. The third-order valence-corrected chi connectivity index (χ3v) is 1.23. The molecule has 0 atom stereocenters. The molecule has 0 unspecified atom stereocenters. The minimum atomic E-state index is -4.68. The topological polar surface area (TPSA) is 52.3 Å². The van der Waals surface area contributed by atoms with Gasteiger partial charge in [-0.05, 0) is 6.92 Å². The number of ether oxygens (including phenoxy) is 1. The van der Waals surface area contributed by atoms with E-state index >= 15 is 0 Å². The number of oxazole rings is 1. The number of hydrogen-bond acceptors (Lipinski definition) is 4. The van der Waals surface area contributed by atoms with Crippen LogP contribution < -0.4 is 4.74 Å². The van der Waals surface area contributed by atoms with Gasteiger partial charge in [-0.3, -0.25) is 4.79 Å². The molecule has 0 aliphatic rings. The fourth-order valence-corrected chi connectivity index (χ4v) is 0.729. The number of carbonyl (C=O) groups excluding carboxylic acids is 1. The number of carbonyl (C=O) groups is 1. The highest BCUT2D eigenvalue weighted by Crippen LogP contribution is 2.32. The van der Waals surface area contributed by atoms with Gasteiger partial charge in [-0.1, -0.05) is 0 Å². The monoisotopic (exact) mass is 209 g/mol. The van der Waals surface area contributed by atoms with E-state index in [1.807, 2.05) is 0 Å². The molecule has 4 nitrogen and oxygen atoms in total. The number of halogens is 3. The zero-order chi connectivity index (χ0) is 10.9. The first-order valence-electron chi connectivity index (χ1n) is 3.53. The van der Waals surface area contributed by atoms with Crippen molar-refractivity contribution < 1.29 is 27.1 Å². The Morgan fingerprint density at radius 2 is 2.07 bits per heavy atom. The summed E-state index contributed by atoms with van der Waals surface area (Å²) in [5.74, 6) is -2.71. The SMILES string of the molecule is CC(=O)Oc1oc(C(F)(F)F)nc1C. The lowest BCUT2D eigenvalue weighted by atomic mass is 10.5. The van der Waals surface area contributed by atoms with Crippen molar-refractivity contribution in [2.75, 3.05) is 0 Å². The van der Waals surface area contributed by atoms with Crippen LogP contribution in [0.5, 0.6) is 5.95 Å². The molecule has 1 heterocycles. The maximum absolute atomic E-state index is 12.0. The third kappa shape index (κ3) is 2.24. The summed E-state index contributed by atoms with van der Waals surface area (Å²) in [5.41, 5.74) is -0.118. The number of nitrogens with zero attached hydrogens (tertiary/aromatic N) is 1. The van der Waals surface area contributed by atoms with Crippen LogP contribution in [0.1, 0.15) is 18.5 Å². The van der Waals surface area contributed by atoms with Crippen molar-refractivity contribution in [2.24, 2.45) is 0 Å². The molecule has 0 aliphatic carbocycles. The van der Waals surface area contributed by atoms with Gasteiger partial charge >= 0.3 is 24.0 Å². The highest BCUT2D eigenvalue weighted by molar-refractivity contribution is 5.68. The predicted octanol–water partition coefficient (Wildman–Crippen LogP) is 1.93. The van der Waals surface area contributed by atoms with E-state index in [4.69, 9.17) is 0 Å². The van der Waals surface area contributed by atoms with E-state index < -0.39 is 24.0 Å². The van der Waals surface area contributed by atoms with E-state index in [-0.39, 0.29) is 5.69 Å². The van der Waals surface area contributed by atoms with Crippen LogP contribution >= 0.6 is 0 Å². The molecular weight excluding hydrogens is 203 g/mol. The fourth-order valence-electron chi connectivity index (χ4n) is 0.729. The molecule has 1 rings (SSSR count). The number of alkyl halides is 3. The fraction of sp³-hybridized carbons (Fsp3) is 0.429. The molecule has 0 aromatic carbocycles. The summed E-state index contributed by atoms with van der Waals surface area (Å²) in [4.78, 5) is 13.5. The molecule has 0 spiro atoms. The van der Waals surface area contributed by atoms with E-state index in [0.717, 1.165) is 6.92 Å². The zero-order valence-electron chi connectivity index (χ0n) is 7.31. The maximum Gasteiger partial charge on any atom is 0.469 e. The van der Waals surface area contributed by atoms with Gasteiger partial charge in [-0.2, -0.15) is 13.2 Å². The molecule has 1 aromatic heterocycles. The zero-order valence-corrected chi connectivity index (χ0v) is 7.31.